The predicted molar refractivity (Wildman–Crippen MR) is 79.3 cm³/mol. The van der Waals surface area contributed by atoms with E-state index in [1.54, 1.807) is 0 Å². The highest BCUT2D eigenvalue weighted by molar-refractivity contribution is 5.49. The zero-order valence-corrected chi connectivity index (χ0v) is 11.9. The van der Waals surface area contributed by atoms with Crippen molar-refractivity contribution in [3.8, 4) is 6.07 Å². The van der Waals surface area contributed by atoms with E-state index in [1.807, 2.05) is 0 Å². The lowest BCUT2D eigenvalue weighted by Gasteiger charge is -2.31. The van der Waals surface area contributed by atoms with Gasteiger partial charge in [-0.25, -0.2) is 0 Å². The van der Waals surface area contributed by atoms with Crippen LogP contribution in [-0.4, -0.2) is 25.2 Å². The highest BCUT2D eigenvalue weighted by atomic mass is 15.2. The van der Waals surface area contributed by atoms with Crippen LogP contribution in [0.25, 0.3) is 0 Å². The standard InChI is InChI=1S/C16H23N3/c1-3-14-4-6-16(7-5-14)19-12-15(8-10-17)18-11-9-13(19)2/h4-7,13,15,18H,3,8-9,11-12H2,1-2H3. The van der Waals surface area contributed by atoms with Gasteiger partial charge in [0, 0.05) is 24.3 Å². The molecule has 3 heteroatoms. The summed E-state index contributed by atoms with van der Waals surface area (Å²) in [5.41, 5.74) is 2.65. The number of hydrogen-bond acceptors (Lipinski definition) is 3. The summed E-state index contributed by atoms with van der Waals surface area (Å²) in [5.74, 6) is 0. The van der Waals surface area contributed by atoms with Gasteiger partial charge in [-0.3, -0.25) is 0 Å². The third-order valence-corrected chi connectivity index (χ3v) is 3.96. The van der Waals surface area contributed by atoms with Crippen LogP contribution in [0.3, 0.4) is 0 Å². The minimum atomic E-state index is 0.279. The predicted octanol–water partition coefficient (Wildman–Crippen LogP) is 2.72. The van der Waals surface area contributed by atoms with Crippen molar-refractivity contribution in [3.05, 3.63) is 29.8 Å². The van der Waals surface area contributed by atoms with Crippen LogP contribution in [0.4, 0.5) is 5.69 Å². The number of anilines is 1. The molecule has 1 N–H and O–H groups in total. The van der Waals surface area contributed by atoms with Crippen molar-refractivity contribution in [3.63, 3.8) is 0 Å². The summed E-state index contributed by atoms with van der Waals surface area (Å²) in [5, 5.41) is 12.4. The van der Waals surface area contributed by atoms with Gasteiger partial charge < -0.3 is 10.2 Å². The molecule has 1 aliphatic rings. The molecule has 2 rings (SSSR count). The number of hydrogen-bond donors (Lipinski definition) is 1. The van der Waals surface area contributed by atoms with Crippen molar-refractivity contribution in [2.75, 3.05) is 18.0 Å². The molecule has 19 heavy (non-hydrogen) atoms. The van der Waals surface area contributed by atoms with E-state index in [9.17, 15) is 0 Å². The average Bonchev–Trinajstić information content (AvgIpc) is 2.62. The van der Waals surface area contributed by atoms with Gasteiger partial charge in [-0.2, -0.15) is 5.26 Å². The fraction of sp³-hybridized carbons (Fsp3) is 0.562. The first-order valence-corrected chi connectivity index (χ1v) is 7.20. The lowest BCUT2D eigenvalue weighted by Crippen LogP contribution is -2.40. The van der Waals surface area contributed by atoms with Gasteiger partial charge in [0.15, 0.2) is 0 Å². The second-order valence-corrected chi connectivity index (χ2v) is 5.32. The molecule has 102 valence electrons. The molecule has 1 aromatic rings. The molecule has 1 aliphatic heterocycles. The lowest BCUT2D eigenvalue weighted by molar-refractivity contribution is 0.552. The summed E-state index contributed by atoms with van der Waals surface area (Å²) in [7, 11) is 0. The fourth-order valence-electron chi connectivity index (χ4n) is 2.66. The molecule has 0 spiro atoms. The number of nitrogens with one attached hydrogen (secondary N) is 1. The Morgan fingerprint density at radius 1 is 1.37 bits per heavy atom. The van der Waals surface area contributed by atoms with Crippen LogP contribution in [-0.2, 0) is 6.42 Å². The van der Waals surface area contributed by atoms with Gasteiger partial charge in [0.2, 0.25) is 0 Å². The second-order valence-electron chi connectivity index (χ2n) is 5.32. The smallest absolute Gasteiger partial charge is 0.0638 e. The second kappa shape index (κ2) is 6.58. The van der Waals surface area contributed by atoms with E-state index >= 15 is 0 Å². The van der Waals surface area contributed by atoms with Crippen LogP contribution in [0.1, 0.15) is 32.3 Å². The van der Waals surface area contributed by atoms with E-state index in [4.69, 9.17) is 5.26 Å². The molecule has 3 nitrogen and oxygen atoms in total. The summed E-state index contributed by atoms with van der Waals surface area (Å²) >= 11 is 0. The molecule has 0 radical (unpaired) electrons. The molecule has 0 aliphatic carbocycles. The van der Waals surface area contributed by atoms with Crippen LogP contribution in [0.2, 0.25) is 0 Å². The van der Waals surface area contributed by atoms with Gasteiger partial charge in [0.05, 0.1) is 12.5 Å². The number of nitrogens with zero attached hydrogens (tertiary/aromatic N) is 2. The van der Waals surface area contributed by atoms with Crippen LogP contribution in [0.5, 0.6) is 0 Å². The van der Waals surface area contributed by atoms with E-state index < -0.39 is 0 Å². The number of aryl methyl sites for hydroxylation is 1. The number of nitriles is 1. The van der Waals surface area contributed by atoms with Gasteiger partial charge in [-0.15, -0.1) is 0 Å². The zero-order chi connectivity index (χ0) is 13.7. The quantitative estimate of drug-likeness (QED) is 0.905. The van der Waals surface area contributed by atoms with Crippen molar-refractivity contribution in [1.29, 1.82) is 5.26 Å². The average molecular weight is 257 g/mol. The Morgan fingerprint density at radius 3 is 2.74 bits per heavy atom. The maximum Gasteiger partial charge on any atom is 0.0638 e. The van der Waals surface area contributed by atoms with Crippen molar-refractivity contribution >= 4 is 5.69 Å². The van der Waals surface area contributed by atoms with E-state index in [0.29, 0.717) is 12.5 Å². The third kappa shape index (κ3) is 3.48. The monoisotopic (exact) mass is 257 g/mol. The molecular formula is C16H23N3. The Labute approximate surface area is 116 Å². The van der Waals surface area contributed by atoms with Crippen molar-refractivity contribution < 1.29 is 0 Å². The Bertz CT molecular complexity index is 432. The number of rotatable bonds is 3. The molecule has 2 unspecified atom stereocenters. The molecule has 1 heterocycles. The van der Waals surface area contributed by atoms with Crippen LogP contribution in [0.15, 0.2) is 24.3 Å². The van der Waals surface area contributed by atoms with Crippen LogP contribution < -0.4 is 10.2 Å². The zero-order valence-electron chi connectivity index (χ0n) is 11.9. The highest BCUT2D eigenvalue weighted by Crippen LogP contribution is 2.22. The van der Waals surface area contributed by atoms with Gasteiger partial charge in [-0.1, -0.05) is 19.1 Å². The maximum absolute atomic E-state index is 8.89. The SMILES string of the molecule is CCc1ccc(N2CC(CC#N)NCCC2C)cc1. The van der Waals surface area contributed by atoms with Crippen LogP contribution in [0, 0.1) is 11.3 Å². The molecule has 0 aromatic heterocycles. The number of benzene rings is 1. The fourth-order valence-corrected chi connectivity index (χ4v) is 2.66. The molecular weight excluding hydrogens is 234 g/mol. The van der Waals surface area contributed by atoms with Gasteiger partial charge in [0.25, 0.3) is 0 Å². The summed E-state index contributed by atoms with van der Waals surface area (Å²) in [6.45, 7) is 6.36. The summed E-state index contributed by atoms with van der Waals surface area (Å²) in [4.78, 5) is 2.43. The van der Waals surface area contributed by atoms with Gasteiger partial charge in [0.1, 0.15) is 0 Å². The minimum Gasteiger partial charge on any atom is -0.367 e. The summed E-state index contributed by atoms with van der Waals surface area (Å²) in [6, 6.07) is 11.9. The largest absolute Gasteiger partial charge is 0.367 e. The van der Waals surface area contributed by atoms with E-state index in [-0.39, 0.29) is 6.04 Å². The summed E-state index contributed by atoms with van der Waals surface area (Å²) in [6.07, 6.45) is 2.78. The van der Waals surface area contributed by atoms with Crippen molar-refractivity contribution in [1.82, 2.24) is 5.32 Å². The topological polar surface area (TPSA) is 39.1 Å². The first-order valence-electron chi connectivity index (χ1n) is 7.20. The van der Waals surface area contributed by atoms with Crippen molar-refractivity contribution in [2.24, 2.45) is 0 Å². The molecule has 1 fully saturated rings. The van der Waals surface area contributed by atoms with Crippen LogP contribution >= 0.6 is 0 Å². The molecule has 0 saturated carbocycles. The van der Waals surface area contributed by atoms with E-state index in [1.165, 1.54) is 11.3 Å². The maximum atomic E-state index is 8.89. The summed E-state index contributed by atoms with van der Waals surface area (Å²) < 4.78 is 0. The highest BCUT2D eigenvalue weighted by Gasteiger charge is 2.22. The Hall–Kier alpha value is -1.53. The Kier molecular flexibility index (Phi) is 4.81. The van der Waals surface area contributed by atoms with Crippen molar-refractivity contribution in [2.45, 2.75) is 45.2 Å². The molecule has 1 saturated heterocycles. The minimum absolute atomic E-state index is 0.279. The van der Waals surface area contributed by atoms with Gasteiger partial charge >= 0.3 is 0 Å². The first kappa shape index (κ1) is 13.9. The normalized spacial score (nSPS) is 23.7. The lowest BCUT2D eigenvalue weighted by atomic mass is 10.1. The molecule has 2 atom stereocenters. The molecule has 0 bridgehead atoms. The Morgan fingerprint density at radius 2 is 2.11 bits per heavy atom. The molecule has 0 amide bonds. The first-order chi connectivity index (χ1) is 9.24. The molecule has 1 aromatic carbocycles. The van der Waals surface area contributed by atoms with E-state index in [2.05, 4.69) is 54.4 Å². The van der Waals surface area contributed by atoms with E-state index in [0.717, 1.165) is 25.9 Å². The van der Waals surface area contributed by atoms with Gasteiger partial charge in [-0.05, 0) is 44.0 Å². The third-order valence-electron chi connectivity index (χ3n) is 3.96. The Balaban J connectivity index is 2.15.